The van der Waals surface area contributed by atoms with Crippen molar-refractivity contribution in [2.45, 2.75) is 25.0 Å². The van der Waals surface area contributed by atoms with Crippen LogP contribution in [0, 0.1) is 0 Å². The molecule has 114 valence electrons. The number of ether oxygens (including phenoxy) is 1. The fourth-order valence-electron chi connectivity index (χ4n) is 1.38. The van der Waals surface area contributed by atoms with E-state index in [0.29, 0.717) is 18.2 Å². The molecule has 0 aliphatic heterocycles. The highest BCUT2D eigenvalue weighted by molar-refractivity contribution is 8.00. The molecule has 1 aromatic rings. The van der Waals surface area contributed by atoms with Gasteiger partial charge in [0, 0.05) is 31.7 Å². The van der Waals surface area contributed by atoms with Crippen LogP contribution in [-0.2, 0) is 21.2 Å². The van der Waals surface area contributed by atoms with E-state index in [2.05, 4.69) is 22.2 Å². The molecule has 0 bridgehead atoms. The van der Waals surface area contributed by atoms with Gasteiger partial charge in [0.1, 0.15) is 27.3 Å². The van der Waals surface area contributed by atoms with E-state index in [4.69, 9.17) is 4.74 Å². The molecule has 0 aliphatic rings. The molecule has 0 saturated heterocycles. The van der Waals surface area contributed by atoms with Crippen LogP contribution in [0.2, 0.25) is 0 Å². The average Bonchev–Trinajstić information content (AvgIpc) is 2.35. The van der Waals surface area contributed by atoms with Gasteiger partial charge in [0.15, 0.2) is 5.82 Å². The highest BCUT2D eigenvalue weighted by Crippen LogP contribution is 2.19. The van der Waals surface area contributed by atoms with Crippen molar-refractivity contribution in [1.82, 2.24) is 9.97 Å². The molecule has 0 saturated carbocycles. The first-order valence-corrected chi connectivity index (χ1v) is 9.40. The van der Waals surface area contributed by atoms with E-state index in [1.807, 2.05) is 6.07 Å². The number of hydrogen-bond acceptors (Lipinski definition) is 7. The second kappa shape index (κ2) is 8.43. The van der Waals surface area contributed by atoms with Gasteiger partial charge >= 0.3 is 0 Å². The number of hydrogen-bond donors (Lipinski definition) is 1. The molecule has 0 atom stereocenters. The van der Waals surface area contributed by atoms with Crippen molar-refractivity contribution >= 4 is 27.4 Å². The van der Waals surface area contributed by atoms with E-state index in [1.165, 1.54) is 18.0 Å². The van der Waals surface area contributed by atoms with Gasteiger partial charge in [-0.1, -0.05) is 6.92 Å². The monoisotopic (exact) mass is 319 g/mol. The van der Waals surface area contributed by atoms with Crippen molar-refractivity contribution in [2.75, 3.05) is 36.7 Å². The lowest BCUT2D eigenvalue weighted by Gasteiger charge is -2.08. The van der Waals surface area contributed by atoms with Crippen molar-refractivity contribution in [3.63, 3.8) is 0 Å². The Morgan fingerprint density at radius 1 is 1.40 bits per heavy atom. The topological polar surface area (TPSA) is 81.2 Å². The third-order valence-electron chi connectivity index (χ3n) is 2.28. The standard InChI is InChI=1S/C12H21N3O3S2/c1-4-5-13-10-8-12(15-11(14-10)9-18-2)19-6-7-20(3,16)17/h8H,4-7,9H2,1-3H3,(H,13,14,15). The molecular formula is C12H21N3O3S2. The van der Waals surface area contributed by atoms with Crippen LogP contribution in [0.5, 0.6) is 0 Å². The predicted molar refractivity (Wildman–Crippen MR) is 82.0 cm³/mol. The van der Waals surface area contributed by atoms with Crippen LogP contribution in [0.3, 0.4) is 0 Å². The van der Waals surface area contributed by atoms with E-state index < -0.39 is 9.84 Å². The molecule has 0 spiro atoms. The first kappa shape index (κ1) is 17.2. The SMILES string of the molecule is CCCNc1cc(SCCS(C)(=O)=O)nc(COC)n1. The second-order valence-electron chi connectivity index (χ2n) is 4.35. The van der Waals surface area contributed by atoms with Crippen molar-refractivity contribution < 1.29 is 13.2 Å². The number of methoxy groups -OCH3 is 1. The first-order valence-electron chi connectivity index (χ1n) is 6.36. The molecule has 1 aromatic heterocycles. The Morgan fingerprint density at radius 2 is 2.15 bits per heavy atom. The van der Waals surface area contributed by atoms with E-state index in [1.54, 1.807) is 7.11 Å². The summed E-state index contributed by atoms with van der Waals surface area (Å²) >= 11 is 1.41. The van der Waals surface area contributed by atoms with Gasteiger partial charge < -0.3 is 10.1 Å². The maximum atomic E-state index is 11.1. The molecule has 8 heteroatoms. The van der Waals surface area contributed by atoms with Crippen molar-refractivity contribution in [3.05, 3.63) is 11.9 Å². The fourth-order valence-corrected chi connectivity index (χ4v) is 3.50. The Labute approximate surface area is 124 Å². The summed E-state index contributed by atoms with van der Waals surface area (Å²) in [7, 11) is -1.35. The zero-order valence-electron chi connectivity index (χ0n) is 12.0. The Bertz CT molecular complexity index is 521. The van der Waals surface area contributed by atoms with Gasteiger partial charge in [0.05, 0.1) is 5.75 Å². The van der Waals surface area contributed by atoms with E-state index >= 15 is 0 Å². The maximum Gasteiger partial charge on any atom is 0.157 e. The summed E-state index contributed by atoms with van der Waals surface area (Å²) in [6.07, 6.45) is 2.23. The summed E-state index contributed by atoms with van der Waals surface area (Å²) in [5.41, 5.74) is 0. The highest BCUT2D eigenvalue weighted by atomic mass is 32.2. The number of nitrogens with one attached hydrogen (secondary N) is 1. The quantitative estimate of drug-likeness (QED) is 0.546. The zero-order valence-corrected chi connectivity index (χ0v) is 13.7. The zero-order chi connectivity index (χ0) is 15.0. The molecule has 20 heavy (non-hydrogen) atoms. The number of anilines is 1. The third kappa shape index (κ3) is 7.06. The summed E-state index contributed by atoms with van der Waals surface area (Å²) in [4.78, 5) is 8.68. The normalized spacial score (nSPS) is 11.6. The molecule has 1 heterocycles. The summed E-state index contributed by atoms with van der Waals surface area (Å²) in [5, 5.41) is 3.96. The number of thioether (sulfide) groups is 1. The highest BCUT2D eigenvalue weighted by Gasteiger charge is 2.07. The molecule has 0 aliphatic carbocycles. The van der Waals surface area contributed by atoms with Crippen molar-refractivity contribution in [3.8, 4) is 0 Å². The van der Waals surface area contributed by atoms with Crippen LogP contribution in [-0.4, -0.2) is 49.8 Å². The van der Waals surface area contributed by atoms with Gasteiger partial charge in [-0.25, -0.2) is 18.4 Å². The predicted octanol–water partition coefficient (Wildman–Crippen LogP) is 1.58. The van der Waals surface area contributed by atoms with Gasteiger partial charge in [-0.2, -0.15) is 0 Å². The van der Waals surface area contributed by atoms with Crippen LogP contribution in [0.15, 0.2) is 11.1 Å². The van der Waals surface area contributed by atoms with E-state index in [9.17, 15) is 8.42 Å². The number of rotatable bonds is 9. The third-order valence-corrected chi connectivity index (χ3v) is 4.40. The average molecular weight is 319 g/mol. The molecule has 0 aromatic carbocycles. The number of sulfone groups is 1. The lowest BCUT2D eigenvalue weighted by Crippen LogP contribution is -2.08. The Kier molecular flexibility index (Phi) is 7.25. The minimum absolute atomic E-state index is 0.138. The summed E-state index contributed by atoms with van der Waals surface area (Å²) in [6.45, 7) is 3.24. The summed E-state index contributed by atoms with van der Waals surface area (Å²) < 4.78 is 27.3. The van der Waals surface area contributed by atoms with Crippen molar-refractivity contribution in [2.24, 2.45) is 0 Å². The molecule has 1 rings (SSSR count). The second-order valence-corrected chi connectivity index (χ2v) is 7.72. The van der Waals surface area contributed by atoms with Gasteiger partial charge in [-0.3, -0.25) is 0 Å². The van der Waals surface area contributed by atoms with Gasteiger partial charge in [-0.05, 0) is 6.42 Å². The minimum Gasteiger partial charge on any atom is -0.377 e. The number of nitrogens with zero attached hydrogens (tertiary/aromatic N) is 2. The van der Waals surface area contributed by atoms with E-state index in [0.717, 1.165) is 23.8 Å². The largest absolute Gasteiger partial charge is 0.377 e. The Hall–Kier alpha value is -0.860. The molecule has 0 radical (unpaired) electrons. The Morgan fingerprint density at radius 3 is 2.75 bits per heavy atom. The van der Waals surface area contributed by atoms with Gasteiger partial charge in [0.2, 0.25) is 0 Å². The summed E-state index contributed by atoms with van der Waals surface area (Å²) in [5.74, 6) is 1.96. The maximum absolute atomic E-state index is 11.1. The van der Waals surface area contributed by atoms with Crippen LogP contribution < -0.4 is 5.32 Å². The Balaban J connectivity index is 2.74. The molecule has 0 amide bonds. The smallest absolute Gasteiger partial charge is 0.157 e. The van der Waals surface area contributed by atoms with Crippen LogP contribution in [0.1, 0.15) is 19.2 Å². The van der Waals surface area contributed by atoms with Crippen LogP contribution >= 0.6 is 11.8 Å². The molecule has 6 nitrogen and oxygen atoms in total. The minimum atomic E-state index is -2.94. The lowest BCUT2D eigenvalue weighted by atomic mass is 10.4. The molecule has 0 unspecified atom stereocenters. The molecule has 1 N–H and O–H groups in total. The summed E-state index contributed by atoms with van der Waals surface area (Å²) in [6, 6.07) is 1.84. The fraction of sp³-hybridized carbons (Fsp3) is 0.667. The van der Waals surface area contributed by atoms with Gasteiger partial charge in [-0.15, -0.1) is 11.8 Å². The first-order chi connectivity index (χ1) is 9.44. The van der Waals surface area contributed by atoms with E-state index in [-0.39, 0.29) is 5.75 Å². The van der Waals surface area contributed by atoms with Crippen molar-refractivity contribution in [1.29, 1.82) is 0 Å². The molecular weight excluding hydrogens is 298 g/mol. The lowest BCUT2D eigenvalue weighted by molar-refractivity contribution is 0.177. The van der Waals surface area contributed by atoms with Crippen LogP contribution in [0.4, 0.5) is 5.82 Å². The molecule has 0 fully saturated rings. The van der Waals surface area contributed by atoms with Crippen LogP contribution in [0.25, 0.3) is 0 Å². The number of aromatic nitrogens is 2. The van der Waals surface area contributed by atoms with Gasteiger partial charge in [0.25, 0.3) is 0 Å².